The van der Waals surface area contributed by atoms with Crippen molar-refractivity contribution in [3.8, 4) is 0 Å². The predicted octanol–water partition coefficient (Wildman–Crippen LogP) is 4.26. The van der Waals surface area contributed by atoms with Gasteiger partial charge in [0.05, 0.1) is 5.75 Å². The minimum atomic E-state index is 0.152. The van der Waals surface area contributed by atoms with Crippen LogP contribution >= 0.6 is 11.8 Å². The lowest BCUT2D eigenvalue weighted by atomic mass is 10.1. The van der Waals surface area contributed by atoms with E-state index in [1.54, 1.807) is 16.7 Å². The highest BCUT2D eigenvalue weighted by Gasteiger charge is 2.22. The summed E-state index contributed by atoms with van der Waals surface area (Å²) in [6.45, 7) is 6.74. The first-order valence-corrected chi connectivity index (χ1v) is 11.3. The van der Waals surface area contributed by atoms with Gasteiger partial charge >= 0.3 is 0 Å². The van der Waals surface area contributed by atoms with Gasteiger partial charge in [-0.05, 0) is 61.4 Å². The lowest BCUT2D eigenvalue weighted by Crippen LogP contribution is -2.48. The Labute approximate surface area is 178 Å². The van der Waals surface area contributed by atoms with Gasteiger partial charge in [-0.1, -0.05) is 36.4 Å². The van der Waals surface area contributed by atoms with Gasteiger partial charge in [0.25, 0.3) is 0 Å². The highest BCUT2D eigenvalue weighted by molar-refractivity contribution is 8.00. The second-order valence-electron chi connectivity index (χ2n) is 7.74. The van der Waals surface area contributed by atoms with E-state index in [4.69, 9.17) is 0 Å². The Morgan fingerprint density at radius 2 is 1.69 bits per heavy atom. The summed E-state index contributed by atoms with van der Waals surface area (Å²) in [6, 6.07) is 17.0. The third-order valence-corrected chi connectivity index (χ3v) is 6.48. The number of rotatable bonds is 5. The number of carbonyl (C=O) groups is 2. The summed E-state index contributed by atoms with van der Waals surface area (Å²) in [5, 5.41) is 0. The fourth-order valence-corrected chi connectivity index (χ4v) is 4.16. The Kier molecular flexibility index (Phi) is 7.76. The number of thioether (sulfide) groups is 1. The van der Waals surface area contributed by atoms with Crippen LogP contribution in [0.4, 0.5) is 0 Å². The second-order valence-corrected chi connectivity index (χ2v) is 8.79. The lowest BCUT2D eigenvalue weighted by molar-refractivity contribution is -0.132. The summed E-state index contributed by atoms with van der Waals surface area (Å²) < 4.78 is 0. The molecule has 2 aromatic carbocycles. The summed E-state index contributed by atoms with van der Waals surface area (Å²) in [4.78, 5) is 27.4. The van der Waals surface area contributed by atoms with E-state index in [0.717, 1.165) is 17.2 Å². The molecule has 2 fully saturated rings. The van der Waals surface area contributed by atoms with Crippen molar-refractivity contribution in [1.82, 2.24) is 9.80 Å². The highest BCUT2D eigenvalue weighted by atomic mass is 32.2. The Morgan fingerprint density at radius 3 is 2.28 bits per heavy atom. The molecule has 0 N–H and O–H groups in total. The van der Waals surface area contributed by atoms with E-state index in [0.29, 0.717) is 31.9 Å². The van der Waals surface area contributed by atoms with Crippen molar-refractivity contribution in [3.05, 3.63) is 65.2 Å². The van der Waals surface area contributed by atoms with Crippen molar-refractivity contribution < 1.29 is 9.59 Å². The van der Waals surface area contributed by atoms with Crippen LogP contribution in [0.5, 0.6) is 0 Å². The summed E-state index contributed by atoms with van der Waals surface area (Å²) >= 11 is 1.58. The van der Waals surface area contributed by atoms with E-state index in [9.17, 15) is 9.59 Å². The molecule has 1 saturated carbocycles. The zero-order valence-corrected chi connectivity index (χ0v) is 18.2. The standard InChI is InChI=1S/C15H20N2O2S.C9H10/c1-12-3-4-14(9-13(12)2)20-10-15(19)17-7-5-16(11-18)6-8-17;1-2-4-8(5-3-1)9-6-7-9/h3-4,9,11H,5-8,10H2,1-2H3;1-5,9H,6-7H2. The number of hydrogen-bond donors (Lipinski definition) is 0. The maximum absolute atomic E-state index is 12.1. The number of benzene rings is 2. The van der Waals surface area contributed by atoms with Gasteiger partial charge in [-0.3, -0.25) is 9.59 Å². The van der Waals surface area contributed by atoms with Crippen LogP contribution in [0.25, 0.3) is 0 Å². The minimum Gasteiger partial charge on any atom is -0.342 e. The van der Waals surface area contributed by atoms with Gasteiger partial charge in [-0.25, -0.2) is 0 Å². The van der Waals surface area contributed by atoms with Gasteiger partial charge in [0.2, 0.25) is 12.3 Å². The molecule has 0 atom stereocenters. The van der Waals surface area contributed by atoms with Crippen LogP contribution in [0.1, 0.15) is 35.4 Å². The van der Waals surface area contributed by atoms with Crippen molar-refractivity contribution in [2.75, 3.05) is 31.9 Å². The topological polar surface area (TPSA) is 40.6 Å². The molecule has 2 aliphatic rings. The third-order valence-electron chi connectivity index (χ3n) is 5.51. The van der Waals surface area contributed by atoms with Crippen LogP contribution in [-0.2, 0) is 9.59 Å². The van der Waals surface area contributed by atoms with E-state index in [1.165, 1.54) is 29.5 Å². The molecule has 2 amide bonds. The molecular weight excluding hydrogens is 380 g/mol. The molecule has 1 heterocycles. The number of hydrogen-bond acceptors (Lipinski definition) is 3. The average Bonchev–Trinajstić information content (AvgIpc) is 3.61. The maximum atomic E-state index is 12.1. The average molecular weight is 411 g/mol. The number of nitrogens with zero attached hydrogens (tertiary/aromatic N) is 2. The lowest BCUT2D eigenvalue weighted by Gasteiger charge is -2.32. The van der Waals surface area contributed by atoms with E-state index in [1.807, 2.05) is 4.90 Å². The maximum Gasteiger partial charge on any atom is 0.233 e. The number of amides is 2. The molecule has 4 rings (SSSR count). The van der Waals surface area contributed by atoms with Gasteiger partial charge in [-0.15, -0.1) is 11.8 Å². The van der Waals surface area contributed by atoms with Crippen LogP contribution in [0.2, 0.25) is 0 Å². The molecule has 154 valence electrons. The Hall–Kier alpha value is -2.27. The van der Waals surface area contributed by atoms with Crippen LogP contribution < -0.4 is 0 Å². The van der Waals surface area contributed by atoms with Gasteiger partial charge in [-0.2, -0.15) is 0 Å². The van der Waals surface area contributed by atoms with Gasteiger partial charge < -0.3 is 9.80 Å². The normalized spacial score (nSPS) is 16.1. The van der Waals surface area contributed by atoms with E-state index in [-0.39, 0.29) is 5.91 Å². The van der Waals surface area contributed by atoms with Crippen molar-refractivity contribution in [2.24, 2.45) is 0 Å². The molecule has 0 radical (unpaired) electrons. The molecule has 2 aromatic rings. The van der Waals surface area contributed by atoms with Gasteiger partial charge in [0.1, 0.15) is 0 Å². The smallest absolute Gasteiger partial charge is 0.233 e. The predicted molar refractivity (Wildman–Crippen MR) is 119 cm³/mol. The molecule has 0 unspecified atom stereocenters. The van der Waals surface area contributed by atoms with Crippen molar-refractivity contribution in [1.29, 1.82) is 0 Å². The number of carbonyl (C=O) groups excluding carboxylic acids is 2. The molecular formula is C24H30N2O2S. The fraction of sp³-hybridized carbons (Fsp3) is 0.417. The van der Waals surface area contributed by atoms with Crippen molar-refractivity contribution in [3.63, 3.8) is 0 Å². The summed E-state index contributed by atoms with van der Waals surface area (Å²) in [6.07, 6.45) is 3.67. The van der Waals surface area contributed by atoms with Crippen molar-refractivity contribution in [2.45, 2.75) is 37.5 Å². The molecule has 5 heteroatoms. The number of piperazine rings is 1. The zero-order chi connectivity index (χ0) is 20.6. The summed E-state index contributed by atoms with van der Waals surface area (Å²) in [5.74, 6) is 1.52. The summed E-state index contributed by atoms with van der Waals surface area (Å²) in [5.41, 5.74) is 4.05. The van der Waals surface area contributed by atoms with Crippen molar-refractivity contribution >= 4 is 24.1 Å². The third kappa shape index (κ3) is 6.64. The Bertz CT molecular complexity index is 813. The fourth-order valence-electron chi connectivity index (χ4n) is 3.26. The van der Waals surface area contributed by atoms with Crippen LogP contribution in [-0.4, -0.2) is 54.0 Å². The molecule has 0 spiro atoms. The first-order valence-electron chi connectivity index (χ1n) is 10.3. The Balaban J connectivity index is 0.000000220. The van der Waals surface area contributed by atoms with E-state index in [2.05, 4.69) is 62.4 Å². The second kappa shape index (κ2) is 10.5. The monoisotopic (exact) mass is 410 g/mol. The highest BCUT2D eigenvalue weighted by Crippen LogP contribution is 2.39. The zero-order valence-electron chi connectivity index (χ0n) is 17.3. The molecule has 0 aromatic heterocycles. The Morgan fingerprint density at radius 1 is 1.00 bits per heavy atom. The minimum absolute atomic E-state index is 0.152. The van der Waals surface area contributed by atoms with Gasteiger partial charge in [0, 0.05) is 31.1 Å². The van der Waals surface area contributed by atoms with Gasteiger partial charge in [0.15, 0.2) is 0 Å². The van der Waals surface area contributed by atoms with Crippen LogP contribution in [0.3, 0.4) is 0 Å². The van der Waals surface area contributed by atoms with E-state index < -0.39 is 0 Å². The SMILES string of the molecule is Cc1ccc(SCC(=O)N2CCN(C=O)CC2)cc1C.c1ccc(C2CC2)cc1. The van der Waals surface area contributed by atoms with Crippen LogP contribution in [0.15, 0.2) is 53.4 Å². The molecule has 1 aliphatic heterocycles. The molecule has 29 heavy (non-hydrogen) atoms. The molecule has 1 aliphatic carbocycles. The summed E-state index contributed by atoms with van der Waals surface area (Å²) in [7, 11) is 0. The quantitative estimate of drug-likeness (QED) is 0.546. The largest absolute Gasteiger partial charge is 0.342 e. The first kappa shape index (κ1) is 21.4. The van der Waals surface area contributed by atoms with Crippen LogP contribution in [0, 0.1) is 13.8 Å². The van der Waals surface area contributed by atoms with E-state index >= 15 is 0 Å². The first-order chi connectivity index (χ1) is 14.1. The number of aryl methyl sites for hydroxylation is 2. The molecule has 0 bridgehead atoms. The molecule has 4 nitrogen and oxygen atoms in total. The molecule has 1 saturated heterocycles.